The van der Waals surface area contributed by atoms with Crippen molar-refractivity contribution in [2.75, 3.05) is 29.5 Å². The number of benzene rings is 1. The first-order valence-corrected chi connectivity index (χ1v) is 9.64. The Kier molecular flexibility index (Phi) is 7.46. The maximum Gasteiger partial charge on any atom is 0.251 e. The molecule has 4 nitrogen and oxygen atoms in total. The number of anilines is 1. The third kappa shape index (κ3) is 5.57. The number of carbonyl (C=O) groups is 2. The molecule has 2 rings (SSSR count). The van der Waals surface area contributed by atoms with Crippen LogP contribution in [0.25, 0.3) is 0 Å². The third-order valence-electron chi connectivity index (χ3n) is 3.89. The fraction of sp³-hybridized carbons (Fsp3) is 0.556. The Balaban J connectivity index is 1.77. The molecule has 0 unspecified atom stereocenters. The molecule has 0 atom stereocenters. The van der Waals surface area contributed by atoms with Gasteiger partial charge >= 0.3 is 0 Å². The Labute approximate surface area is 143 Å². The molecule has 1 aromatic rings. The van der Waals surface area contributed by atoms with Gasteiger partial charge in [0.1, 0.15) is 0 Å². The second kappa shape index (κ2) is 9.60. The Morgan fingerprint density at radius 2 is 2.13 bits per heavy atom. The SMILES string of the molecule is CCCCSCCCNC(=O)c1cccc(N2CCCC2=O)c1. The summed E-state index contributed by atoms with van der Waals surface area (Å²) < 4.78 is 0. The molecule has 1 aliphatic heterocycles. The Morgan fingerprint density at radius 1 is 1.30 bits per heavy atom. The fourth-order valence-electron chi connectivity index (χ4n) is 2.56. The molecule has 1 aromatic carbocycles. The molecule has 1 N–H and O–H groups in total. The first-order chi connectivity index (χ1) is 11.2. The van der Waals surface area contributed by atoms with Crippen LogP contribution in [0.4, 0.5) is 5.69 Å². The van der Waals surface area contributed by atoms with E-state index in [-0.39, 0.29) is 11.8 Å². The number of carbonyl (C=O) groups excluding carboxylic acids is 2. The maximum absolute atomic E-state index is 12.2. The molecule has 0 aliphatic carbocycles. The molecular weight excluding hydrogens is 308 g/mol. The molecule has 1 fully saturated rings. The van der Waals surface area contributed by atoms with E-state index in [2.05, 4.69) is 12.2 Å². The summed E-state index contributed by atoms with van der Waals surface area (Å²) in [7, 11) is 0. The zero-order valence-corrected chi connectivity index (χ0v) is 14.7. The molecular formula is C18H26N2O2S. The van der Waals surface area contributed by atoms with E-state index in [4.69, 9.17) is 0 Å². The first kappa shape index (κ1) is 17.9. The van der Waals surface area contributed by atoms with E-state index >= 15 is 0 Å². The minimum absolute atomic E-state index is 0.0583. The lowest BCUT2D eigenvalue weighted by Gasteiger charge is -2.16. The molecule has 0 aromatic heterocycles. The van der Waals surface area contributed by atoms with Gasteiger partial charge < -0.3 is 10.2 Å². The van der Waals surface area contributed by atoms with Crippen LogP contribution < -0.4 is 10.2 Å². The normalized spacial score (nSPS) is 14.3. The minimum Gasteiger partial charge on any atom is -0.352 e. The van der Waals surface area contributed by atoms with Crippen molar-refractivity contribution < 1.29 is 9.59 Å². The van der Waals surface area contributed by atoms with Gasteiger partial charge in [0.2, 0.25) is 5.91 Å². The van der Waals surface area contributed by atoms with E-state index in [9.17, 15) is 9.59 Å². The summed E-state index contributed by atoms with van der Waals surface area (Å²) in [6.45, 7) is 3.65. The lowest BCUT2D eigenvalue weighted by molar-refractivity contribution is -0.117. The second-order valence-electron chi connectivity index (χ2n) is 5.77. The van der Waals surface area contributed by atoms with E-state index in [1.165, 1.54) is 18.6 Å². The quantitative estimate of drug-likeness (QED) is 0.704. The molecule has 0 saturated carbocycles. The smallest absolute Gasteiger partial charge is 0.251 e. The number of amides is 2. The van der Waals surface area contributed by atoms with E-state index in [1.807, 2.05) is 30.0 Å². The van der Waals surface area contributed by atoms with E-state index in [1.54, 1.807) is 11.0 Å². The number of hydrogen-bond acceptors (Lipinski definition) is 3. The van der Waals surface area contributed by atoms with Crippen LogP contribution in [-0.4, -0.2) is 36.4 Å². The van der Waals surface area contributed by atoms with Crippen LogP contribution in [0.15, 0.2) is 24.3 Å². The number of unbranched alkanes of at least 4 members (excludes halogenated alkanes) is 1. The Morgan fingerprint density at radius 3 is 2.87 bits per heavy atom. The van der Waals surface area contributed by atoms with Crippen molar-refractivity contribution in [3.63, 3.8) is 0 Å². The van der Waals surface area contributed by atoms with Crippen molar-refractivity contribution in [2.24, 2.45) is 0 Å². The van der Waals surface area contributed by atoms with Crippen molar-refractivity contribution in [1.82, 2.24) is 5.32 Å². The van der Waals surface area contributed by atoms with Crippen LogP contribution in [0.5, 0.6) is 0 Å². The molecule has 0 spiro atoms. The van der Waals surface area contributed by atoms with Crippen LogP contribution in [0.2, 0.25) is 0 Å². The molecule has 126 valence electrons. The van der Waals surface area contributed by atoms with Gasteiger partial charge in [0.05, 0.1) is 0 Å². The standard InChI is InChI=1S/C18H26N2O2S/c1-2-3-12-23-13-6-10-19-18(22)15-7-4-8-16(14-15)20-11-5-9-17(20)21/h4,7-8,14H,2-3,5-6,9-13H2,1H3,(H,19,22). The number of nitrogens with zero attached hydrogens (tertiary/aromatic N) is 1. The molecule has 1 heterocycles. The largest absolute Gasteiger partial charge is 0.352 e. The van der Waals surface area contributed by atoms with Crippen molar-refractivity contribution in [3.8, 4) is 0 Å². The zero-order valence-electron chi connectivity index (χ0n) is 13.8. The van der Waals surface area contributed by atoms with Crippen molar-refractivity contribution in [1.29, 1.82) is 0 Å². The fourth-order valence-corrected chi connectivity index (χ4v) is 3.61. The van der Waals surface area contributed by atoms with Crippen LogP contribution in [0.1, 0.15) is 49.4 Å². The molecule has 0 bridgehead atoms. The summed E-state index contributed by atoms with van der Waals surface area (Å²) in [6, 6.07) is 7.35. The topological polar surface area (TPSA) is 49.4 Å². The van der Waals surface area contributed by atoms with Gasteiger partial charge in [-0.3, -0.25) is 9.59 Å². The second-order valence-corrected chi connectivity index (χ2v) is 7.00. The highest BCUT2D eigenvalue weighted by Crippen LogP contribution is 2.22. The van der Waals surface area contributed by atoms with Crippen molar-refractivity contribution in [2.45, 2.75) is 39.0 Å². The third-order valence-corrected chi connectivity index (χ3v) is 5.04. The predicted octanol–water partition coefficient (Wildman–Crippen LogP) is 3.47. The number of hydrogen-bond donors (Lipinski definition) is 1. The van der Waals surface area contributed by atoms with Crippen LogP contribution in [-0.2, 0) is 4.79 Å². The molecule has 1 aliphatic rings. The molecule has 2 amide bonds. The lowest BCUT2D eigenvalue weighted by atomic mass is 10.1. The Bertz CT molecular complexity index is 534. The highest BCUT2D eigenvalue weighted by Gasteiger charge is 2.22. The summed E-state index contributed by atoms with van der Waals surface area (Å²) in [5.74, 6) is 2.38. The highest BCUT2D eigenvalue weighted by molar-refractivity contribution is 7.99. The zero-order chi connectivity index (χ0) is 16.5. The lowest BCUT2D eigenvalue weighted by Crippen LogP contribution is -2.26. The van der Waals surface area contributed by atoms with Gasteiger partial charge in [-0.1, -0.05) is 19.4 Å². The van der Waals surface area contributed by atoms with Gasteiger partial charge in [0, 0.05) is 30.8 Å². The van der Waals surface area contributed by atoms with Crippen LogP contribution in [0, 0.1) is 0 Å². The average Bonchev–Trinajstić information content (AvgIpc) is 3.00. The predicted molar refractivity (Wildman–Crippen MR) is 97.2 cm³/mol. The summed E-state index contributed by atoms with van der Waals surface area (Å²) >= 11 is 1.95. The highest BCUT2D eigenvalue weighted by atomic mass is 32.2. The molecule has 23 heavy (non-hydrogen) atoms. The van der Waals surface area contributed by atoms with Crippen molar-refractivity contribution >= 4 is 29.3 Å². The van der Waals surface area contributed by atoms with Gasteiger partial charge in [0.15, 0.2) is 0 Å². The van der Waals surface area contributed by atoms with Gasteiger partial charge in [-0.25, -0.2) is 0 Å². The number of rotatable bonds is 9. The van der Waals surface area contributed by atoms with Crippen LogP contribution >= 0.6 is 11.8 Å². The van der Waals surface area contributed by atoms with E-state index < -0.39 is 0 Å². The summed E-state index contributed by atoms with van der Waals surface area (Å²) in [5.41, 5.74) is 1.45. The van der Waals surface area contributed by atoms with Crippen LogP contribution in [0.3, 0.4) is 0 Å². The molecule has 0 radical (unpaired) electrons. The van der Waals surface area contributed by atoms with Gasteiger partial charge in [-0.05, 0) is 49.0 Å². The molecule has 1 saturated heterocycles. The monoisotopic (exact) mass is 334 g/mol. The van der Waals surface area contributed by atoms with Gasteiger partial charge in [0.25, 0.3) is 5.91 Å². The van der Waals surface area contributed by atoms with E-state index in [0.717, 1.165) is 30.8 Å². The van der Waals surface area contributed by atoms with Gasteiger partial charge in [-0.15, -0.1) is 0 Å². The van der Waals surface area contributed by atoms with E-state index in [0.29, 0.717) is 18.5 Å². The summed E-state index contributed by atoms with van der Waals surface area (Å²) in [4.78, 5) is 25.8. The minimum atomic E-state index is -0.0583. The molecule has 5 heteroatoms. The first-order valence-electron chi connectivity index (χ1n) is 8.48. The Hall–Kier alpha value is -1.49. The van der Waals surface area contributed by atoms with Crippen molar-refractivity contribution in [3.05, 3.63) is 29.8 Å². The summed E-state index contributed by atoms with van der Waals surface area (Å²) in [6.07, 6.45) is 4.99. The summed E-state index contributed by atoms with van der Waals surface area (Å²) in [5, 5.41) is 2.96. The maximum atomic E-state index is 12.2. The number of nitrogens with one attached hydrogen (secondary N) is 1. The number of thioether (sulfide) groups is 1. The van der Waals surface area contributed by atoms with Gasteiger partial charge in [-0.2, -0.15) is 11.8 Å². The average molecular weight is 334 g/mol.